The molecule has 0 aliphatic carbocycles. The average Bonchev–Trinajstić information content (AvgIpc) is 2.56. The van der Waals surface area contributed by atoms with Crippen LogP contribution in [0.3, 0.4) is 0 Å². The fourth-order valence-corrected chi connectivity index (χ4v) is 2.67. The van der Waals surface area contributed by atoms with Crippen LogP contribution in [0.15, 0.2) is 24.7 Å². The second kappa shape index (κ2) is 6.87. The van der Waals surface area contributed by atoms with Crippen molar-refractivity contribution in [2.45, 2.75) is 13.5 Å². The molecule has 7 nitrogen and oxygen atoms in total. The number of piperazine rings is 1. The molecule has 2 aromatic heterocycles. The van der Waals surface area contributed by atoms with E-state index in [1.165, 1.54) is 0 Å². The predicted octanol–water partition coefficient (Wildman–Crippen LogP) is 0.963. The summed E-state index contributed by atoms with van der Waals surface area (Å²) in [6.07, 6.45) is 5.29. The average molecular weight is 313 g/mol. The summed E-state index contributed by atoms with van der Waals surface area (Å²) in [6, 6.07) is 2.06. The standard InChI is InChI=1S/C16H23N7/c1-13-10-15(20-16(19-13)21(2)3)23-8-6-22(7-9-23)12-14-11-17-4-5-18-14/h4-5,10-11H,6-9,12H2,1-3H3. The van der Waals surface area contributed by atoms with Crippen molar-refractivity contribution in [3.8, 4) is 0 Å². The number of rotatable bonds is 4. The molecule has 7 heteroatoms. The minimum absolute atomic E-state index is 0.766. The van der Waals surface area contributed by atoms with Crippen molar-refractivity contribution >= 4 is 11.8 Å². The summed E-state index contributed by atoms with van der Waals surface area (Å²) >= 11 is 0. The Morgan fingerprint density at radius 3 is 2.52 bits per heavy atom. The molecule has 2 aromatic rings. The van der Waals surface area contributed by atoms with E-state index < -0.39 is 0 Å². The molecule has 0 aromatic carbocycles. The first kappa shape index (κ1) is 15.6. The first-order valence-corrected chi connectivity index (χ1v) is 7.87. The molecule has 1 saturated heterocycles. The van der Waals surface area contributed by atoms with Gasteiger partial charge in [0.25, 0.3) is 0 Å². The molecule has 23 heavy (non-hydrogen) atoms. The van der Waals surface area contributed by atoms with E-state index in [-0.39, 0.29) is 0 Å². The molecule has 122 valence electrons. The molecule has 0 atom stereocenters. The van der Waals surface area contributed by atoms with Crippen LogP contribution < -0.4 is 9.80 Å². The summed E-state index contributed by atoms with van der Waals surface area (Å²) in [6.45, 7) is 6.79. The predicted molar refractivity (Wildman–Crippen MR) is 90.6 cm³/mol. The number of nitrogens with zero attached hydrogens (tertiary/aromatic N) is 7. The van der Waals surface area contributed by atoms with E-state index in [1.807, 2.05) is 32.1 Å². The zero-order valence-corrected chi connectivity index (χ0v) is 14.0. The summed E-state index contributed by atoms with van der Waals surface area (Å²) in [5, 5.41) is 0. The van der Waals surface area contributed by atoms with Crippen LogP contribution in [-0.2, 0) is 6.54 Å². The maximum Gasteiger partial charge on any atom is 0.226 e. The maximum atomic E-state index is 4.67. The smallest absolute Gasteiger partial charge is 0.226 e. The monoisotopic (exact) mass is 313 g/mol. The number of aromatic nitrogens is 4. The first-order chi connectivity index (χ1) is 11.1. The normalized spacial score (nSPS) is 15.7. The highest BCUT2D eigenvalue weighted by Gasteiger charge is 2.19. The highest BCUT2D eigenvalue weighted by molar-refractivity contribution is 5.45. The lowest BCUT2D eigenvalue weighted by atomic mass is 10.3. The van der Waals surface area contributed by atoms with Crippen molar-refractivity contribution in [2.75, 3.05) is 50.1 Å². The number of anilines is 2. The van der Waals surface area contributed by atoms with Gasteiger partial charge in [0.1, 0.15) is 5.82 Å². The van der Waals surface area contributed by atoms with Gasteiger partial charge in [0, 0.05) is 77.2 Å². The van der Waals surface area contributed by atoms with Gasteiger partial charge in [-0.2, -0.15) is 4.98 Å². The molecule has 0 bridgehead atoms. The lowest BCUT2D eigenvalue weighted by Gasteiger charge is -2.35. The Morgan fingerprint density at radius 2 is 1.87 bits per heavy atom. The van der Waals surface area contributed by atoms with Gasteiger partial charge in [0.2, 0.25) is 5.95 Å². The van der Waals surface area contributed by atoms with Crippen LogP contribution in [0.4, 0.5) is 11.8 Å². The van der Waals surface area contributed by atoms with Crippen LogP contribution in [0, 0.1) is 6.92 Å². The minimum atomic E-state index is 0.766. The molecule has 0 spiro atoms. The molecule has 1 aliphatic heterocycles. The lowest BCUT2D eigenvalue weighted by Crippen LogP contribution is -2.46. The number of aryl methyl sites for hydroxylation is 1. The van der Waals surface area contributed by atoms with Gasteiger partial charge in [-0.05, 0) is 6.92 Å². The Balaban J connectivity index is 1.63. The van der Waals surface area contributed by atoms with Crippen LogP contribution >= 0.6 is 0 Å². The third-order valence-corrected chi connectivity index (χ3v) is 3.93. The summed E-state index contributed by atoms with van der Waals surface area (Å²) in [7, 11) is 3.94. The molecule has 0 saturated carbocycles. The molecule has 1 aliphatic rings. The molecule has 3 heterocycles. The van der Waals surface area contributed by atoms with Crippen molar-refractivity contribution in [1.82, 2.24) is 24.8 Å². The first-order valence-electron chi connectivity index (χ1n) is 7.87. The summed E-state index contributed by atoms with van der Waals surface area (Å²) in [5.74, 6) is 1.78. The van der Waals surface area contributed by atoms with Crippen LogP contribution in [0.25, 0.3) is 0 Å². The van der Waals surface area contributed by atoms with Gasteiger partial charge in [0.15, 0.2) is 0 Å². The van der Waals surface area contributed by atoms with E-state index in [0.717, 1.165) is 55.9 Å². The fraction of sp³-hybridized carbons (Fsp3) is 0.500. The second-order valence-electron chi connectivity index (χ2n) is 6.02. The number of hydrogen-bond acceptors (Lipinski definition) is 7. The zero-order chi connectivity index (χ0) is 16.2. The largest absolute Gasteiger partial charge is 0.354 e. The van der Waals surface area contributed by atoms with Gasteiger partial charge in [-0.25, -0.2) is 4.98 Å². The Hall–Kier alpha value is -2.28. The molecular weight excluding hydrogens is 290 g/mol. The van der Waals surface area contributed by atoms with E-state index in [1.54, 1.807) is 12.4 Å². The van der Waals surface area contributed by atoms with E-state index in [2.05, 4.69) is 35.8 Å². The van der Waals surface area contributed by atoms with Gasteiger partial charge in [0.05, 0.1) is 5.69 Å². The van der Waals surface area contributed by atoms with Crippen LogP contribution in [0.2, 0.25) is 0 Å². The molecule has 0 radical (unpaired) electrons. The third-order valence-electron chi connectivity index (χ3n) is 3.93. The highest BCUT2D eigenvalue weighted by atomic mass is 15.3. The van der Waals surface area contributed by atoms with E-state index >= 15 is 0 Å². The van der Waals surface area contributed by atoms with Crippen LogP contribution in [0.1, 0.15) is 11.4 Å². The van der Waals surface area contributed by atoms with E-state index in [0.29, 0.717) is 0 Å². The topological polar surface area (TPSA) is 61.3 Å². The Kier molecular flexibility index (Phi) is 4.66. The molecule has 3 rings (SSSR count). The van der Waals surface area contributed by atoms with Gasteiger partial charge < -0.3 is 9.80 Å². The Morgan fingerprint density at radius 1 is 1.09 bits per heavy atom. The van der Waals surface area contributed by atoms with Gasteiger partial charge in [-0.15, -0.1) is 0 Å². The Bertz CT molecular complexity index is 636. The van der Waals surface area contributed by atoms with Gasteiger partial charge in [-0.1, -0.05) is 0 Å². The quantitative estimate of drug-likeness (QED) is 0.833. The maximum absolute atomic E-state index is 4.67. The van der Waals surface area contributed by atoms with Crippen molar-refractivity contribution in [3.05, 3.63) is 36.0 Å². The molecule has 0 amide bonds. The van der Waals surface area contributed by atoms with Crippen molar-refractivity contribution < 1.29 is 0 Å². The minimum Gasteiger partial charge on any atom is -0.354 e. The number of hydrogen-bond donors (Lipinski definition) is 0. The highest BCUT2D eigenvalue weighted by Crippen LogP contribution is 2.18. The summed E-state index contributed by atoms with van der Waals surface area (Å²) in [5.41, 5.74) is 2.02. The summed E-state index contributed by atoms with van der Waals surface area (Å²) < 4.78 is 0. The fourth-order valence-electron chi connectivity index (χ4n) is 2.67. The van der Waals surface area contributed by atoms with Gasteiger partial charge >= 0.3 is 0 Å². The Labute approximate surface area is 137 Å². The lowest BCUT2D eigenvalue weighted by molar-refractivity contribution is 0.246. The van der Waals surface area contributed by atoms with Crippen molar-refractivity contribution in [2.24, 2.45) is 0 Å². The summed E-state index contributed by atoms with van der Waals surface area (Å²) in [4.78, 5) is 24.3. The second-order valence-corrected chi connectivity index (χ2v) is 6.02. The SMILES string of the molecule is Cc1cc(N2CCN(Cc3cnccn3)CC2)nc(N(C)C)n1. The molecular formula is C16H23N7. The van der Waals surface area contributed by atoms with Gasteiger partial charge in [-0.3, -0.25) is 14.9 Å². The zero-order valence-electron chi connectivity index (χ0n) is 14.0. The third kappa shape index (κ3) is 3.92. The van der Waals surface area contributed by atoms with Crippen LogP contribution in [0.5, 0.6) is 0 Å². The molecule has 0 unspecified atom stereocenters. The molecule has 0 N–H and O–H groups in total. The van der Waals surface area contributed by atoms with E-state index in [9.17, 15) is 0 Å². The van der Waals surface area contributed by atoms with Crippen molar-refractivity contribution in [3.63, 3.8) is 0 Å². The van der Waals surface area contributed by atoms with E-state index in [4.69, 9.17) is 0 Å². The van der Waals surface area contributed by atoms with Crippen LogP contribution in [-0.4, -0.2) is 65.1 Å². The molecule has 1 fully saturated rings. The van der Waals surface area contributed by atoms with Crippen molar-refractivity contribution in [1.29, 1.82) is 0 Å².